The number of likely N-dealkylation sites (N-methyl/N-ethyl adjacent to an activating group) is 1. The third-order valence-corrected chi connectivity index (χ3v) is 6.24. The molecule has 0 aliphatic heterocycles. The summed E-state index contributed by atoms with van der Waals surface area (Å²) in [5.41, 5.74) is 6.89. The fraction of sp³-hybridized carbons (Fsp3) is 0.481. The van der Waals surface area contributed by atoms with E-state index in [0.717, 1.165) is 48.3 Å². The highest BCUT2D eigenvalue weighted by Crippen LogP contribution is 2.34. The van der Waals surface area contributed by atoms with Crippen molar-refractivity contribution in [2.45, 2.75) is 52.4 Å². The molecule has 176 valence electrons. The van der Waals surface area contributed by atoms with E-state index in [-0.39, 0.29) is 0 Å². The molecule has 1 unspecified atom stereocenters. The van der Waals surface area contributed by atoms with Crippen molar-refractivity contribution in [1.82, 2.24) is 10.2 Å². The highest BCUT2D eigenvalue weighted by atomic mass is 19.2. The van der Waals surface area contributed by atoms with Crippen molar-refractivity contribution in [3.05, 3.63) is 64.4 Å². The van der Waals surface area contributed by atoms with E-state index in [9.17, 15) is 8.78 Å². The predicted octanol–water partition coefficient (Wildman–Crippen LogP) is 6.56. The van der Waals surface area contributed by atoms with Crippen LogP contribution in [0.25, 0.3) is 11.1 Å². The highest BCUT2D eigenvalue weighted by Gasteiger charge is 2.18. The Hall–Kier alpha value is -2.40. The largest absolute Gasteiger partial charge is 0.392 e. The third kappa shape index (κ3) is 6.32. The minimum absolute atomic E-state index is 0.294. The van der Waals surface area contributed by atoms with E-state index in [2.05, 4.69) is 56.5 Å². The monoisotopic (exact) mass is 443 g/mol. The summed E-state index contributed by atoms with van der Waals surface area (Å²) in [6, 6.07) is 9.12. The van der Waals surface area contributed by atoms with Crippen LogP contribution in [-0.2, 0) is 6.42 Å². The van der Waals surface area contributed by atoms with Gasteiger partial charge in [0, 0.05) is 32.0 Å². The smallest absolute Gasteiger partial charge is 0.162 e. The Bertz CT molecular complexity index is 935. The van der Waals surface area contributed by atoms with Crippen LogP contribution in [0.1, 0.15) is 57.1 Å². The van der Waals surface area contributed by atoms with Crippen molar-refractivity contribution in [2.75, 3.05) is 40.1 Å². The minimum Gasteiger partial charge on any atom is -0.392 e. The Morgan fingerprint density at radius 3 is 2.41 bits per heavy atom. The maximum absolute atomic E-state index is 14.9. The average Bonchev–Trinajstić information content (AvgIpc) is 2.78. The second kappa shape index (κ2) is 12.0. The first kappa shape index (κ1) is 25.9. The molecule has 0 aromatic heterocycles. The topological polar surface area (TPSA) is 27.3 Å². The Labute approximate surface area is 192 Å². The van der Waals surface area contributed by atoms with Crippen molar-refractivity contribution in [1.29, 1.82) is 0 Å². The normalized spacial score (nSPS) is 13.2. The van der Waals surface area contributed by atoms with Gasteiger partial charge in [0.05, 0.1) is 0 Å². The lowest BCUT2D eigenvalue weighted by Gasteiger charge is -2.22. The van der Waals surface area contributed by atoms with Crippen LogP contribution in [0.2, 0.25) is 0 Å². The van der Waals surface area contributed by atoms with E-state index < -0.39 is 11.6 Å². The highest BCUT2D eigenvalue weighted by molar-refractivity contribution is 5.72. The van der Waals surface area contributed by atoms with Crippen molar-refractivity contribution in [3.63, 3.8) is 0 Å². The van der Waals surface area contributed by atoms with Crippen molar-refractivity contribution in [2.24, 2.45) is 0 Å². The molecular weight excluding hydrogens is 404 g/mol. The molecule has 0 spiro atoms. The van der Waals surface area contributed by atoms with Gasteiger partial charge >= 0.3 is 0 Å². The number of hydrogen-bond acceptors (Lipinski definition) is 3. The summed E-state index contributed by atoms with van der Waals surface area (Å²) < 4.78 is 29.1. The Morgan fingerprint density at radius 2 is 1.81 bits per heavy atom. The lowest BCUT2D eigenvalue weighted by molar-refractivity contribution is 0.383. The number of benzene rings is 2. The molecule has 2 aromatic carbocycles. The van der Waals surface area contributed by atoms with Crippen LogP contribution >= 0.6 is 0 Å². The van der Waals surface area contributed by atoms with Gasteiger partial charge in [-0.15, -0.1) is 0 Å². The molecular formula is C27H39F2N3. The zero-order valence-electron chi connectivity index (χ0n) is 20.7. The minimum atomic E-state index is -0.783. The summed E-state index contributed by atoms with van der Waals surface area (Å²) in [5, 5.41) is 6.47. The van der Waals surface area contributed by atoms with Crippen LogP contribution < -0.4 is 10.6 Å². The summed E-state index contributed by atoms with van der Waals surface area (Å²) >= 11 is 0. The lowest BCUT2D eigenvalue weighted by Crippen LogP contribution is -2.19. The molecule has 0 aliphatic rings. The van der Waals surface area contributed by atoms with Crippen LogP contribution in [0, 0.1) is 11.6 Å². The summed E-state index contributed by atoms with van der Waals surface area (Å²) in [4.78, 5) is 2.16. The molecule has 2 rings (SSSR count). The van der Waals surface area contributed by atoms with Crippen molar-refractivity contribution in [3.8, 4) is 11.1 Å². The average molecular weight is 444 g/mol. The van der Waals surface area contributed by atoms with Gasteiger partial charge in [-0.2, -0.15) is 0 Å². The van der Waals surface area contributed by atoms with Crippen LogP contribution in [-0.4, -0.2) is 39.6 Å². The van der Waals surface area contributed by atoms with E-state index in [0.29, 0.717) is 17.9 Å². The van der Waals surface area contributed by atoms with Crippen molar-refractivity contribution >= 4 is 5.69 Å². The first-order valence-corrected chi connectivity index (χ1v) is 11.5. The van der Waals surface area contributed by atoms with Gasteiger partial charge in [-0.1, -0.05) is 31.6 Å². The lowest BCUT2D eigenvalue weighted by atomic mass is 9.90. The molecule has 5 heteroatoms. The Morgan fingerprint density at radius 1 is 1.09 bits per heavy atom. The molecule has 1 atom stereocenters. The number of rotatable bonds is 11. The first-order valence-electron chi connectivity index (χ1n) is 11.5. The second-order valence-electron chi connectivity index (χ2n) is 8.79. The first-order chi connectivity index (χ1) is 15.2. The number of nitrogens with one attached hydrogen (secondary N) is 2. The van der Waals surface area contributed by atoms with E-state index >= 15 is 0 Å². The molecule has 2 N–H and O–H groups in total. The van der Waals surface area contributed by atoms with Crippen LogP contribution in [0.4, 0.5) is 14.5 Å². The number of hydrogen-bond donors (Lipinski definition) is 2. The molecule has 32 heavy (non-hydrogen) atoms. The Kier molecular flexibility index (Phi) is 9.70. The molecule has 0 fully saturated rings. The summed E-state index contributed by atoms with van der Waals surface area (Å²) in [7, 11) is 7.94. The quantitative estimate of drug-likeness (QED) is 0.412. The SMILES string of the molecule is CC/C(CCCc1c(-c2ccc(NC)c(C(C)CN(C)C)c2)ccc(F)c1F)=C(/C)NC. The fourth-order valence-corrected chi connectivity index (χ4v) is 4.40. The molecule has 0 amide bonds. The number of halogens is 2. The summed E-state index contributed by atoms with van der Waals surface area (Å²) in [5.74, 6) is -1.21. The van der Waals surface area contributed by atoms with Crippen LogP contribution in [0.5, 0.6) is 0 Å². The van der Waals surface area contributed by atoms with Gasteiger partial charge in [0.2, 0.25) is 0 Å². The van der Waals surface area contributed by atoms with Gasteiger partial charge in [-0.25, -0.2) is 8.78 Å². The predicted molar refractivity (Wildman–Crippen MR) is 133 cm³/mol. The molecule has 0 bridgehead atoms. The molecule has 0 heterocycles. The molecule has 2 aromatic rings. The summed E-state index contributed by atoms with van der Waals surface area (Å²) in [6.07, 6.45) is 3.08. The fourth-order valence-electron chi connectivity index (χ4n) is 4.40. The van der Waals surface area contributed by atoms with Gasteiger partial charge in [0.15, 0.2) is 11.6 Å². The molecule has 0 saturated carbocycles. The van der Waals surface area contributed by atoms with Gasteiger partial charge in [-0.05, 0) is 93.1 Å². The zero-order valence-corrected chi connectivity index (χ0v) is 20.7. The molecule has 0 aliphatic carbocycles. The number of anilines is 1. The third-order valence-electron chi connectivity index (χ3n) is 6.24. The van der Waals surface area contributed by atoms with Gasteiger partial charge < -0.3 is 15.5 Å². The van der Waals surface area contributed by atoms with Crippen LogP contribution in [0.15, 0.2) is 41.6 Å². The van der Waals surface area contributed by atoms with Gasteiger partial charge in [-0.3, -0.25) is 0 Å². The maximum atomic E-state index is 14.9. The van der Waals surface area contributed by atoms with E-state index in [1.165, 1.54) is 17.2 Å². The second-order valence-corrected chi connectivity index (χ2v) is 8.79. The van der Waals surface area contributed by atoms with E-state index in [1.807, 2.05) is 26.2 Å². The van der Waals surface area contributed by atoms with Crippen LogP contribution in [0.3, 0.4) is 0 Å². The van der Waals surface area contributed by atoms with E-state index in [1.54, 1.807) is 6.07 Å². The number of allylic oxidation sites excluding steroid dienone is 2. The van der Waals surface area contributed by atoms with Gasteiger partial charge in [0.25, 0.3) is 0 Å². The van der Waals surface area contributed by atoms with E-state index in [4.69, 9.17) is 0 Å². The molecule has 0 saturated heterocycles. The van der Waals surface area contributed by atoms with Gasteiger partial charge in [0.1, 0.15) is 0 Å². The molecule has 3 nitrogen and oxygen atoms in total. The zero-order chi connectivity index (χ0) is 23.8. The molecule has 0 radical (unpaired) electrons. The Balaban J connectivity index is 2.43. The standard InChI is InChI=1S/C27H39F2N3/c1-8-20(19(3)30-4)10-9-11-23-22(13-14-25(28)27(23)29)21-12-15-26(31-5)24(16-21)18(2)17-32(6)7/h12-16,18,30-31H,8-11,17H2,1-7H3/b20-19+. The van der Waals surface area contributed by atoms with Crippen molar-refractivity contribution < 1.29 is 8.78 Å². The summed E-state index contributed by atoms with van der Waals surface area (Å²) in [6.45, 7) is 7.28. The maximum Gasteiger partial charge on any atom is 0.162 e. The number of nitrogens with zero attached hydrogens (tertiary/aromatic N) is 1.